The van der Waals surface area contributed by atoms with Crippen LogP contribution in [0.5, 0.6) is 11.6 Å². The van der Waals surface area contributed by atoms with Crippen LogP contribution in [0.4, 0.5) is 5.95 Å². The summed E-state index contributed by atoms with van der Waals surface area (Å²) in [7, 11) is -3.70. The van der Waals surface area contributed by atoms with E-state index in [9.17, 15) is 13.7 Å². The van der Waals surface area contributed by atoms with Gasteiger partial charge in [0.15, 0.2) is 0 Å². The van der Waals surface area contributed by atoms with Crippen molar-refractivity contribution < 1.29 is 13.2 Å². The fourth-order valence-corrected chi connectivity index (χ4v) is 6.06. The summed E-state index contributed by atoms with van der Waals surface area (Å²) in [5.41, 5.74) is 4.19. The number of nitrogens with zero attached hydrogens (tertiary/aromatic N) is 4. The number of piperidine rings is 1. The van der Waals surface area contributed by atoms with Gasteiger partial charge in [0.2, 0.25) is 21.9 Å². The van der Waals surface area contributed by atoms with Gasteiger partial charge in [-0.15, -0.1) is 11.3 Å². The van der Waals surface area contributed by atoms with Crippen LogP contribution in [0.2, 0.25) is 0 Å². The monoisotopic (exact) mass is 548 g/mol. The number of benzene rings is 2. The van der Waals surface area contributed by atoms with Gasteiger partial charge in [-0.2, -0.15) is 10.2 Å². The van der Waals surface area contributed by atoms with Gasteiger partial charge in [0.25, 0.3) is 0 Å². The Bertz CT molecular complexity index is 1600. The molecule has 2 aromatic heterocycles. The molecule has 196 valence electrons. The van der Waals surface area contributed by atoms with E-state index < -0.39 is 10.0 Å². The van der Waals surface area contributed by atoms with Crippen LogP contribution in [0.3, 0.4) is 0 Å². The Morgan fingerprint density at radius 2 is 1.92 bits per heavy atom. The van der Waals surface area contributed by atoms with E-state index in [0.29, 0.717) is 29.7 Å². The zero-order valence-electron chi connectivity index (χ0n) is 21.1. The van der Waals surface area contributed by atoms with Crippen molar-refractivity contribution in [1.82, 2.24) is 14.9 Å². The van der Waals surface area contributed by atoms with Crippen molar-refractivity contribution in [3.8, 4) is 17.7 Å². The predicted octanol–water partition coefficient (Wildman–Crippen LogP) is 4.70. The first-order valence-corrected chi connectivity index (χ1v) is 14.7. The van der Waals surface area contributed by atoms with Crippen molar-refractivity contribution in [3.63, 3.8) is 0 Å². The van der Waals surface area contributed by atoms with Crippen molar-refractivity contribution in [2.75, 3.05) is 18.4 Å². The highest BCUT2D eigenvalue weighted by atomic mass is 32.2. The van der Waals surface area contributed by atoms with Gasteiger partial charge >= 0.3 is 0 Å². The SMILES string of the molecule is Cc1cc(C#N)cc(C)c1Oc1nc(NC2CCCN(Cc3ccc(S(N)(=O)=O)cc3)C2)nc2ccsc12. The molecule has 0 aliphatic carbocycles. The molecule has 1 aliphatic rings. The van der Waals surface area contributed by atoms with Crippen LogP contribution in [0, 0.1) is 25.2 Å². The van der Waals surface area contributed by atoms with Crippen LogP contribution in [0.25, 0.3) is 10.2 Å². The Balaban J connectivity index is 1.32. The number of rotatable bonds is 7. The molecular formula is C27H28N6O3S2. The van der Waals surface area contributed by atoms with Gasteiger partial charge in [-0.3, -0.25) is 4.90 Å². The molecule has 2 aromatic carbocycles. The number of fused-ring (bicyclic) bond motifs is 1. The topological polar surface area (TPSA) is 134 Å². The number of nitrogens with two attached hydrogens (primary N) is 1. The van der Waals surface area contributed by atoms with E-state index in [4.69, 9.17) is 19.8 Å². The van der Waals surface area contributed by atoms with Gasteiger partial charge in [0, 0.05) is 19.1 Å². The molecule has 0 amide bonds. The zero-order chi connectivity index (χ0) is 26.9. The highest BCUT2D eigenvalue weighted by molar-refractivity contribution is 7.89. The first kappa shape index (κ1) is 26.1. The van der Waals surface area contributed by atoms with E-state index in [1.54, 1.807) is 24.3 Å². The van der Waals surface area contributed by atoms with Gasteiger partial charge in [0.05, 0.1) is 22.0 Å². The van der Waals surface area contributed by atoms with Gasteiger partial charge in [0.1, 0.15) is 10.4 Å². The molecule has 0 bridgehead atoms. The Morgan fingerprint density at radius 1 is 1.18 bits per heavy atom. The summed E-state index contributed by atoms with van der Waals surface area (Å²) >= 11 is 1.53. The number of hydrogen-bond acceptors (Lipinski definition) is 9. The van der Waals surface area contributed by atoms with Crippen molar-refractivity contribution >= 4 is 37.5 Å². The number of thiophene rings is 1. The second-order valence-corrected chi connectivity index (χ2v) is 12.0. The molecule has 11 heteroatoms. The second kappa shape index (κ2) is 10.7. The number of aryl methyl sites for hydroxylation is 2. The summed E-state index contributed by atoms with van der Waals surface area (Å²) in [5, 5.41) is 20.0. The molecule has 3 N–H and O–H groups in total. The zero-order valence-corrected chi connectivity index (χ0v) is 22.8. The van der Waals surface area contributed by atoms with Crippen molar-refractivity contribution in [2.45, 2.75) is 44.2 Å². The molecule has 0 spiro atoms. The first-order chi connectivity index (χ1) is 18.2. The van der Waals surface area contributed by atoms with E-state index in [-0.39, 0.29) is 10.9 Å². The van der Waals surface area contributed by atoms with Crippen LogP contribution in [-0.2, 0) is 16.6 Å². The van der Waals surface area contributed by atoms with Crippen LogP contribution in [-0.4, -0.2) is 42.4 Å². The molecule has 1 atom stereocenters. The minimum Gasteiger partial charge on any atom is -0.437 e. The Kier molecular flexibility index (Phi) is 7.32. The number of ether oxygens (including phenoxy) is 1. The van der Waals surface area contributed by atoms with Gasteiger partial charge in [-0.05, 0) is 85.6 Å². The number of nitrogens with one attached hydrogen (secondary N) is 1. The number of nitriles is 1. The highest BCUT2D eigenvalue weighted by Gasteiger charge is 2.22. The van der Waals surface area contributed by atoms with Gasteiger partial charge in [-0.1, -0.05) is 12.1 Å². The molecular weight excluding hydrogens is 520 g/mol. The van der Waals surface area contributed by atoms with Crippen molar-refractivity contribution in [2.24, 2.45) is 5.14 Å². The van der Waals surface area contributed by atoms with E-state index in [0.717, 1.165) is 52.8 Å². The minimum absolute atomic E-state index is 0.116. The summed E-state index contributed by atoms with van der Waals surface area (Å²) in [6.07, 6.45) is 2.00. The average Bonchev–Trinajstić information content (AvgIpc) is 3.35. The lowest BCUT2D eigenvalue weighted by atomic mass is 10.0. The second-order valence-electron chi connectivity index (χ2n) is 9.55. The molecule has 1 aliphatic heterocycles. The largest absolute Gasteiger partial charge is 0.437 e. The number of anilines is 1. The average molecular weight is 549 g/mol. The first-order valence-electron chi connectivity index (χ1n) is 12.2. The third kappa shape index (κ3) is 5.79. The maximum absolute atomic E-state index is 11.5. The molecule has 4 aromatic rings. The summed E-state index contributed by atoms with van der Waals surface area (Å²) in [5.74, 6) is 1.70. The maximum atomic E-state index is 11.5. The lowest BCUT2D eigenvalue weighted by Gasteiger charge is -2.33. The molecule has 3 heterocycles. The molecule has 0 radical (unpaired) electrons. The minimum atomic E-state index is -3.70. The van der Waals surface area contributed by atoms with Crippen LogP contribution in [0.15, 0.2) is 52.7 Å². The molecule has 9 nitrogen and oxygen atoms in total. The Hall–Kier alpha value is -3.56. The van der Waals surface area contributed by atoms with Crippen LogP contribution < -0.4 is 15.2 Å². The molecule has 38 heavy (non-hydrogen) atoms. The Morgan fingerprint density at radius 3 is 2.61 bits per heavy atom. The summed E-state index contributed by atoms with van der Waals surface area (Å²) in [6.45, 7) is 6.30. The van der Waals surface area contributed by atoms with E-state index in [2.05, 4.69) is 16.3 Å². The number of sulfonamides is 1. The number of likely N-dealkylation sites (tertiary alicyclic amines) is 1. The molecule has 0 saturated carbocycles. The number of aromatic nitrogens is 2. The standard InChI is InChI=1S/C27H28N6O3S2/c1-17-12-20(14-28)13-18(2)24(17)36-26-25-23(9-11-37-25)31-27(32-26)30-21-4-3-10-33(16-21)15-19-5-7-22(8-6-19)38(29,34)35/h5-9,11-13,21H,3-4,10,15-16H2,1-2H3,(H2,29,34,35)(H,30,31,32). The maximum Gasteiger partial charge on any atom is 0.242 e. The summed E-state index contributed by atoms with van der Waals surface area (Å²) < 4.78 is 30.2. The third-order valence-electron chi connectivity index (χ3n) is 6.56. The smallest absolute Gasteiger partial charge is 0.242 e. The quantitative estimate of drug-likeness (QED) is 0.340. The summed E-state index contributed by atoms with van der Waals surface area (Å²) in [4.78, 5) is 11.9. The highest BCUT2D eigenvalue weighted by Crippen LogP contribution is 2.35. The van der Waals surface area contributed by atoms with E-state index in [1.807, 2.05) is 37.4 Å². The number of primary sulfonamides is 1. The van der Waals surface area contributed by atoms with Crippen LogP contribution >= 0.6 is 11.3 Å². The van der Waals surface area contributed by atoms with Crippen LogP contribution in [0.1, 0.15) is 35.1 Å². The Labute approximate surface area is 226 Å². The van der Waals surface area contributed by atoms with E-state index in [1.165, 1.54) is 11.3 Å². The number of hydrogen-bond donors (Lipinski definition) is 2. The molecule has 1 unspecified atom stereocenters. The van der Waals surface area contributed by atoms with E-state index >= 15 is 0 Å². The van der Waals surface area contributed by atoms with Crippen molar-refractivity contribution in [1.29, 1.82) is 5.26 Å². The predicted molar refractivity (Wildman–Crippen MR) is 148 cm³/mol. The molecule has 1 saturated heterocycles. The molecule has 5 rings (SSSR count). The van der Waals surface area contributed by atoms with Gasteiger partial charge < -0.3 is 10.1 Å². The lowest BCUT2D eigenvalue weighted by Crippen LogP contribution is -2.41. The van der Waals surface area contributed by atoms with Gasteiger partial charge in [-0.25, -0.2) is 18.5 Å². The molecule has 1 fully saturated rings. The van der Waals surface area contributed by atoms with Crippen molar-refractivity contribution in [3.05, 3.63) is 70.1 Å². The summed E-state index contributed by atoms with van der Waals surface area (Å²) in [6, 6.07) is 14.6. The fourth-order valence-electron chi connectivity index (χ4n) is 4.79. The normalized spacial score (nSPS) is 16.3. The fraction of sp³-hybridized carbons (Fsp3) is 0.296. The third-order valence-corrected chi connectivity index (χ3v) is 8.38. The lowest BCUT2D eigenvalue weighted by molar-refractivity contribution is 0.208.